The molecular formula is C15H26N2O2. The van der Waals surface area contributed by atoms with E-state index in [9.17, 15) is 4.79 Å². The van der Waals surface area contributed by atoms with Crippen molar-refractivity contribution in [2.75, 3.05) is 13.7 Å². The fraction of sp³-hybridized carbons (Fsp3) is 0.933. The Balaban J connectivity index is 1.58. The molecule has 2 saturated carbocycles. The van der Waals surface area contributed by atoms with Crippen LogP contribution in [0, 0.1) is 17.3 Å². The van der Waals surface area contributed by atoms with Crippen molar-refractivity contribution in [3.05, 3.63) is 0 Å². The van der Waals surface area contributed by atoms with Crippen LogP contribution in [-0.4, -0.2) is 37.7 Å². The van der Waals surface area contributed by atoms with Gasteiger partial charge < -0.3 is 15.4 Å². The predicted molar refractivity (Wildman–Crippen MR) is 73.7 cm³/mol. The number of nitrogens with one attached hydrogen (secondary N) is 2. The molecule has 4 fully saturated rings. The van der Waals surface area contributed by atoms with Gasteiger partial charge in [0.2, 0.25) is 5.91 Å². The highest BCUT2D eigenvalue weighted by Crippen LogP contribution is 2.43. The predicted octanol–water partition coefficient (Wildman–Crippen LogP) is 1.30. The molecule has 4 rings (SSSR count). The molecule has 0 spiro atoms. The van der Waals surface area contributed by atoms with Gasteiger partial charge >= 0.3 is 0 Å². The number of hydrogen-bond acceptors (Lipinski definition) is 3. The van der Waals surface area contributed by atoms with Crippen LogP contribution in [0.4, 0.5) is 0 Å². The Morgan fingerprint density at radius 2 is 2.11 bits per heavy atom. The fourth-order valence-electron chi connectivity index (χ4n) is 4.10. The van der Waals surface area contributed by atoms with Crippen LogP contribution >= 0.6 is 0 Å². The van der Waals surface area contributed by atoms with Gasteiger partial charge in [-0.25, -0.2) is 0 Å². The van der Waals surface area contributed by atoms with Crippen LogP contribution in [0.1, 0.15) is 39.5 Å². The molecule has 0 radical (unpaired) electrons. The van der Waals surface area contributed by atoms with Crippen molar-refractivity contribution in [1.82, 2.24) is 10.6 Å². The van der Waals surface area contributed by atoms with E-state index in [4.69, 9.17) is 4.74 Å². The Morgan fingerprint density at radius 3 is 2.58 bits per heavy atom. The van der Waals surface area contributed by atoms with Gasteiger partial charge in [-0.05, 0) is 38.1 Å². The molecule has 2 heterocycles. The highest BCUT2D eigenvalue weighted by Gasteiger charge is 2.50. The molecule has 2 aliphatic heterocycles. The van der Waals surface area contributed by atoms with Gasteiger partial charge in [-0.3, -0.25) is 4.79 Å². The summed E-state index contributed by atoms with van der Waals surface area (Å²) in [6.45, 7) is 5.47. The maximum absolute atomic E-state index is 12.5. The largest absolute Gasteiger partial charge is 0.381 e. The Labute approximate surface area is 115 Å². The second kappa shape index (κ2) is 4.74. The second-order valence-electron chi connectivity index (χ2n) is 7.14. The molecule has 4 heteroatoms. The standard InChI is InChI=1S/C15H26N2O2/c1-15(2)12(7-13(15)19-3)17-14(18)10-6-9-4-5-11(10)16-8-9/h9-13,16H,4-8H2,1-3H3,(H,17,18). The average Bonchev–Trinajstić information content (AvgIpc) is 2.43. The van der Waals surface area contributed by atoms with E-state index in [1.807, 2.05) is 0 Å². The SMILES string of the molecule is COC1CC(NC(=O)C2CC3CCC2NC3)C1(C)C. The van der Waals surface area contributed by atoms with Crippen LogP contribution in [0.3, 0.4) is 0 Å². The lowest BCUT2D eigenvalue weighted by atomic mass is 9.64. The summed E-state index contributed by atoms with van der Waals surface area (Å²) in [6.07, 6.45) is 4.76. The summed E-state index contributed by atoms with van der Waals surface area (Å²) in [5.41, 5.74) is 0.0610. The molecule has 108 valence electrons. The maximum Gasteiger partial charge on any atom is 0.224 e. The molecular weight excluding hydrogens is 240 g/mol. The van der Waals surface area contributed by atoms with Crippen molar-refractivity contribution in [1.29, 1.82) is 0 Å². The van der Waals surface area contributed by atoms with Gasteiger partial charge in [-0.1, -0.05) is 13.8 Å². The quantitative estimate of drug-likeness (QED) is 0.809. The van der Waals surface area contributed by atoms with Crippen LogP contribution in [0.5, 0.6) is 0 Å². The minimum atomic E-state index is 0.0610. The summed E-state index contributed by atoms with van der Waals surface area (Å²) in [5.74, 6) is 1.15. The number of methoxy groups -OCH3 is 1. The number of carbonyl (C=O) groups excluding carboxylic acids is 1. The first-order chi connectivity index (χ1) is 9.02. The molecule has 0 aromatic carbocycles. The van der Waals surface area contributed by atoms with Gasteiger partial charge in [-0.2, -0.15) is 0 Å². The van der Waals surface area contributed by atoms with Crippen molar-refractivity contribution < 1.29 is 9.53 Å². The summed E-state index contributed by atoms with van der Waals surface area (Å²) in [7, 11) is 1.76. The summed E-state index contributed by atoms with van der Waals surface area (Å²) in [6, 6.07) is 0.678. The third-order valence-corrected chi connectivity index (χ3v) is 5.74. The van der Waals surface area contributed by atoms with Crippen molar-refractivity contribution >= 4 is 5.91 Å². The summed E-state index contributed by atoms with van der Waals surface area (Å²) < 4.78 is 5.44. The number of fused-ring (bicyclic) bond motifs is 3. The average molecular weight is 266 g/mol. The monoisotopic (exact) mass is 266 g/mol. The maximum atomic E-state index is 12.5. The molecule has 2 saturated heterocycles. The summed E-state index contributed by atoms with van der Waals surface area (Å²) in [4.78, 5) is 12.5. The number of hydrogen-bond donors (Lipinski definition) is 2. The molecule has 5 atom stereocenters. The van der Waals surface area contributed by atoms with Crippen molar-refractivity contribution in [2.45, 2.75) is 57.7 Å². The Bertz CT molecular complexity index is 361. The first-order valence-electron chi connectivity index (χ1n) is 7.59. The lowest BCUT2D eigenvalue weighted by Crippen LogP contribution is -2.64. The van der Waals surface area contributed by atoms with E-state index in [0.717, 1.165) is 25.8 Å². The Morgan fingerprint density at radius 1 is 1.32 bits per heavy atom. The van der Waals surface area contributed by atoms with Crippen LogP contribution < -0.4 is 10.6 Å². The minimum absolute atomic E-state index is 0.0610. The van der Waals surface area contributed by atoms with Crippen molar-refractivity contribution in [2.24, 2.45) is 17.3 Å². The molecule has 2 aliphatic carbocycles. The molecule has 5 unspecified atom stereocenters. The van der Waals surface area contributed by atoms with E-state index in [1.165, 1.54) is 6.42 Å². The topological polar surface area (TPSA) is 50.4 Å². The smallest absolute Gasteiger partial charge is 0.224 e. The van der Waals surface area contributed by atoms with Gasteiger partial charge in [0.05, 0.1) is 12.0 Å². The Kier molecular flexibility index (Phi) is 3.34. The lowest BCUT2D eigenvalue weighted by Gasteiger charge is -2.52. The zero-order chi connectivity index (χ0) is 13.6. The first kappa shape index (κ1) is 13.4. The molecule has 4 nitrogen and oxygen atoms in total. The number of rotatable bonds is 3. The lowest BCUT2D eigenvalue weighted by molar-refractivity contribution is -0.139. The van der Waals surface area contributed by atoms with Gasteiger partial charge in [0.1, 0.15) is 0 Å². The van der Waals surface area contributed by atoms with Crippen LogP contribution in [-0.2, 0) is 9.53 Å². The summed E-state index contributed by atoms with van der Waals surface area (Å²) >= 11 is 0. The molecule has 1 amide bonds. The summed E-state index contributed by atoms with van der Waals surface area (Å²) in [5, 5.41) is 6.78. The molecule has 2 bridgehead atoms. The minimum Gasteiger partial charge on any atom is -0.381 e. The van der Waals surface area contributed by atoms with Gasteiger partial charge in [0.25, 0.3) is 0 Å². The molecule has 4 aliphatic rings. The molecule has 0 aromatic rings. The van der Waals surface area contributed by atoms with E-state index in [-0.39, 0.29) is 29.4 Å². The highest BCUT2D eigenvalue weighted by atomic mass is 16.5. The van der Waals surface area contributed by atoms with E-state index >= 15 is 0 Å². The fourth-order valence-corrected chi connectivity index (χ4v) is 4.10. The third kappa shape index (κ3) is 2.19. The van der Waals surface area contributed by atoms with E-state index in [2.05, 4.69) is 24.5 Å². The second-order valence-corrected chi connectivity index (χ2v) is 7.14. The zero-order valence-electron chi connectivity index (χ0n) is 12.2. The molecule has 0 aromatic heterocycles. The van der Waals surface area contributed by atoms with Crippen molar-refractivity contribution in [3.8, 4) is 0 Å². The number of piperidine rings is 2. The molecule has 2 N–H and O–H groups in total. The first-order valence-corrected chi connectivity index (χ1v) is 7.59. The van der Waals surface area contributed by atoms with Crippen molar-refractivity contribution in [3.63, 3.8) is 0 Å². The van der Waals surface area contributed by atoms with Gasteiger partial charge in [0, 0.05) is 24.6 Å². The van der Waals surface area contributed by atoms with Gasteiger partial charge in [-0.15, -0.1) is 0 Å². The zero-order valence-corrected chi connectivity index (χ0v) is 12.2. The number of amides is 1. The Hall–Kier alpha value is -0.610. The number of carbonyl (C=O) groups is 1. The molecule has 19 heavy (non-hydrogen) atoms. The van der Waals surface area contributed by atoms with E-state index in [0.29, 0.717) is 12.0 Å². The third-order valence-electron chi connectivity index (χ3n) is 5.74. The van der Waals surface area contributed by atoms with Crippen LogP contribution in [0.15, 0.2) is 0 Å². The van der Waals surface area contributed by atoms with E-state index in [1.54, 1.807) is 7.11 Å². The highest BCUT2D eigenvalue weighted by molar-refractivity contribution is 5.80. The number of ether oxygens (including phenoxy) is 1. The van der Waals surface area contributed by atoms with E-state index < -0.39 is 0 Å². The van der Waals surface area contributed by atoms with Gasteiger partial charge in [0.15, 0.2) is 0 Å². The van der Waals surface area contributed by atoms with Crippen LogP contribution in [0.2, 0.25) is 0 Å². The normalized spacial score (nSPS) is 43.6. The van der Waals surface area contributed by atoms with Crippen LogP contribution in [0.25, 0.3) is 0 Å².